The first kappa shape index (κ1) is 17.3. The van der Waals surface area contributed by atoms with E-state index in [0.29, 0.717) is 10.6 Å². The summed E-state index contributed by atoms with van der Waals surface area (Å²) in [5.74, 6) is -2.27. The number of alkyl halides is 3. The van der Waals surface area contributed by atoms with Crippen LogP contribution in [0.3, 0.4) is 0 Å². The Labute approximate surface area is 124 Å². The summed E-state index contributed by atoms with van der Waals surface area (Å²) in [6, 6.07) is 6.87. The second-order valence-corrected chi connectivity index (χ2v) is 4.63. The van der Waals surface area contributed by atoms with Gasteiger partial charge in [-0.3, -0.25) is 9.59 Å². The Morgan fingerprint density at radius 3 is 2.33 bits per heavy atom. The second-order valence-electron chi connectivity index (χ2n) is 4.23. The lowest BCUT2D eigenvalue weighted by Gasteiger charge is -2.09. The maximum atomic E-state index is 11.9. The first-order valence-electron chi connectivity index (χ1n) is 6.16. The maximum Gasteiger partial charge on any atom is 0.471 e. The number of carbonyl (C=O) groups is 2. The molecule has 2 amide bonds. The van der Waals surface area contributed by atoms with Crippen molar-refractivity contribution in [2.75, 3.05) is 13.1 Å². The minimum atomic E-state index is -4.88. The van der Waals surface area contributed by atoms with Gasteiger partial charge in [-0.15, -0.1) is 0 Å². The number of halogens is 4. The van der Waals surface area contributed by atoms with Crippen LogP contribution in [0.2, 0.25) is 5.02 Å². The van der Waals surface area contributed by atoms with Crippen LogP contribution in [0.15, 0.2) is 24.3 Å². The smallest absolute Gasteiger partial charge is 0.356 e. The van der Waals surface area contributed by atoms with Gasteiger partial charge in [-0.05, 0) is 18.1 Å². The molecule has 0 saturated heterocycles. The first-order chi connectivity index (χ1) is 9.80. The molecule has 0 saturated carbocycles. The Balaban J connectivity index is 2.20. The number of rotatable bonds is 6. The van der Waals surface area contributed by atoms with Gasteiger partial charge in [0.1, 0.15) is 0 Å². The Hall–Kier alpha value is -1.76. The largest absolute Gasteiger partial charge is 0.471 e. The van der Waals surface area contributed by atoms with Crippen LogP contribution in [-0.2, 0) is 16.0 Å². The molecule has 1 rings (SSSR count). The van der Waals surface area contributed by atoms with Gasteiger partial charge in [0.25, 0.3) is 0 Å². The van der Waals surface area contributed by atoms with Crippen LogP contribution in [0, 0.1) is 0 Å². The van der Waals surface area contributed by atoms with Crippen molar-refractivity contribution in [2.24, 2.45) is 0 Å². The molecule has 0 aliphatic carbocycles. The van der Waals surface area contributed by atoms with Crippen molar-refractivity contribution >= 4 is 23.4 Å². The van der Waals surface area contributed by atoms with Crippen molar-refractivity contribution in [1.82, 2.24) is 10.6 Å². The van der Waals surface area contributed by atoms with E-state index in [9.17, 15) is 22.8 Å². The quantitative estimate of drug-likeness (QED) is 0.788. The van der Waals surface area contributed by atoms with Crippen molar-refractivity contribution in [1.29, 1.82) is 0 Å². The second kappa shape index (κ2) is 7.87. The van der Waals surface area contributed by atoms with Gasteiger partial charge in [-0.1, -0.05) is 29.8 Å². The van der Waals surface area contributed by atoms with Crippen molar-refractivity contribution in [3.63, 3.8) is 0 Å². The summed E-state index contributed by atoms with van der Waals surface area (Å²) < 4.78 is 35.6. The molecule has 8 heteroatoms. The standard InChI is InChI=1S/C13H14ClF3N2O2/c14-10-5-2-1-4-9(10)8-11(20)18-6-3-7-19-12(21)13(15,16)17/h1-2,4-5H,3,6-8H2,(H,18,20)(H,19,21). The molecule has 0 fully saturated rings. The third-order valence-electron chi connectivity index (χ3n) is 2.53. The fraction of sp³-hybridized carbons (Fsp3) is 0.385. The number of hydrogen-bond donors (Lipinski definition) is 2. The van der Waals surface area contributed by atoms with Gasteiger partial charge < -0.3 is 10.6 Å². The Bertz CT molecular complexity index is 506. The maximum absolute atomic E-state index is 11.9. The van der Waals surface area contributed by atoms with E-state index >= 15 is 0 Å². The first-order valence-corrected chi connectivity index (χ1v) is 6.53. The number of amides is 2. The summed E-state index contributed by atoms with van der Waals surface area (Å²) in [5, 5.41) is 4.74. The van der Waals surface area contributed by atoms with Gasteiger partial charge in [0.2, 0.25) is 5.91 Å². The highest BCUT2D eigenvalue weighted by Crippen LogP contribution is 2.15. The van der Waals surface area contributed by atoms with Crippen LogP contribution in [0.25, 0.3) is 0 Å². The number of carbonyl (C=O) groups excluding carboxylic acids is 2. The van der Waals surface area contributed by atoms with E-state index < -0.39 is 12.1 Å². The summed E-state index contributed by atoms with van der Waals surface area (Å²) in [6.45, 7) is 0.00609. The third kappa shape index (κ3) is 6.48. The summed E-state index contributed by atoms with van der Waals surface area (Å²) in [4.78, 5) is 22.1. The van der Waals surface area contributed by atoms with E-state index in [1.54, 1.807) is 29.6 Å². The molecule has 0 unspecified atom stereocenters. The van der Waals surface area contributed by atoms with Crippen LogP contribution < -0.4 is 10.6 Å². The molecule has 4 nitrogen and oxygen atoms in total. The highest BCUT2D eigenvalue weighted by atomic mass is 35.5. The topological polar surface area (TPSA) is 58.2 Å². The van der Waals surface area contributed by atoms with Crippen LogP contribution in [0.5, 0.6) is 0 Å². The minimum absolute atomic E-state index is 0.0918. The number of hydrogen-bond acceptors (Lipinski definition) is 2. The van der Waals surface area contributed by atoms with E-state index in [0.717, 1.165) is 0 Å². The van der Waals surface area contributed by atoms with Crippen LogP contribution in [0.1, 0.15) is 12.0 Å². The molecule has 116 valence electrons. The fourth-order valence-electron chi connectivity index (χ4n) is 1.50. The molecule has 0 aliphatic rings. The molecular formula is C13H14ClF3N2O2. The Morgan fingerprint density at radius 1 is 1.10 bits per heavy atom. The van der Waals surface area contributed by atoms with Gasteiger partial charge in [-0.2, -0.15) is 13.2 Å². The highest BCUT2D eigenvalue weighted by molar-refractivity contribution is 6.31. The highest BCUT2D eigenvalue weighted by Gasteiger charge is 2.38. The van der Waals surface area contributed by atoms with Crippen molar-refractivity contribution in [3.8, 4) is 0 Å². The van der Waals surface area contributed by atoms with Gasteiger partial charge >= 0.3 is 12.1 Å². The molecule has 2 N–H and O–H groups in total. The Morgan fingerprint density at radius 2 is 1.71 bits per heavy atom. The number of nitrogens with one attached hydrogen (secondary N) is 2. The molecule has 21 heavy (non-hydrogen) atoms. The molecule has 0 aromatic heterocycles. The molecular weight excluding hydrogens is 309 g/mol. The lowest BCUT2D eigenvalue weighted by Crippen LogP contribution is -2.38. The van der Waals surface area contributed by atoms with Gasteiger partial charge in [0.15, 0.2) is 0 Å². The lowest BCUT2D eigenvalue weighted by atomic mass is 10.1. The van der Waals surface area contributed by atoms with E-state index in [-0.39, 0.29) is 31.8 Å². The predicted molar refractivity (Wildman–Crippen MR) is 71.8 cm³/mol. The van der Waals surface area contributed by atoms with Crippen LogP contribution in [-0.4, -0.2) is 31.1 Å². The van der Waals surface area contributed by atoms with E-state index in [1.165, 1.54) is 0 Å². The minimum Gasteiger partial charge on any atom is -0.356 e. The Kier molecular flexibility index (Phi) is 6.48. The summed E-state index contributed by atoms with van der Waals surface area (Å²) >= 11 is 5.90. The summed E-state index contributed by atoms with van der Waals surface area (Å²) in [7, 11) is 0. The molecule has 0 bridgehead atoms. The van der Waals surface area contributed by atoms with E-state index in [2.05, 4.69) is 5.32 Å². The summed E-state index contributed by atoms with van der Waals surface area (Å²) in [6.07, 6.45) is -4.59. The summed E-state index contributed by atoms with van der Waals surface area (Å²) in [5.41, 5.74) is 0.669. The average molecular weight is 323 g/mol. The van der Waals surface area contributed by atoms with E-state index in [4.69, 9.17) is 11.6 Å². The van der Waals surface area contributed by atoms with Gasteiger partial charge in [0, 0.05) is 18.1 Å². The van der Waals surface area contributed by atoms with Crippen LogP contribution >= 0.6 is 11.6 Å². The van der Waals surface area contributed by atoms with Gasteiger partial charge in [-0.25, -0.2) is 0 Å². The average Bonchev–Trinajstić information content (AvgIpc) is 2.39. The van der Waals surface area contributed by atoms with E-state index in [1.807, 2.05) is 0 Å². The van der Waals surface area contributed by atoms with Gasteiger partial charge in [0.05, 0.1) is 6.42 Å². The SMILES string of the molecule is O=C(Cc1ccccc1Cl)NCCCNC(=O)C(F)(F)F. The van der Waals surface area contributed by atoms with Crippen molar-refractivity contribution in [3.05, 3.63) is 34.9 Å². The number of benzene rings is 1. The molecule has 1 aromatic carbocycles. The van der Waals surface area contributed by atoms with Crippen LogP contribution in [0.4, 0.5) is 13.2 Å². The van der Waals surface area contributed by atoms with Crippen molar-refractivity contribution < 1.29 is 22.8 Å². The zero-order chi connectivity index (χ0) is 15.9. The molecule has 0 aliphatic heterocycles. The normalized spacial score (nSPS) is 11.0. The molecule has 0 radical (unpaired) electrons. The third-order valence-corrected chi connectivity index (χ3v) is 2.90. The molecule has 0 spiro atoms. The van der Waals surface area contributed by atoms with Crippen molar-refractivity contribution in [2.45, 2.75) is 19.0 Å². The predicted octanol–water partition coefficient (Wildman–Crippen LogP) is 2.07. The molecule has 0 heterocycles. The zero-order valence-electron chi connectivity index (χ0n) is 11.0. The molecule has 1 aromatic rings. The molecule has 0 atom stereocenters. The lowest BCUT2D eigenvalue weighted by molar-refractivity contribution is -0.173. The fourth-order valence-corrected chi connectivity index (χ4v) is 1.70. The zero-order valence-corrected chi connectivity index (χ0v) is 11.7. The monoisotopic (exact) mass is 322 g/mol.